The summed E-state index contributed by atoms with van der Waals surface area (Å²) in [5.41, 5.74) is 6.71. The minimum Gasteiger partial charge on any atom is -0.399 e. The lowest BCUT2D eigenvalue weighted by atomic mass is 9.80. The Hall–Kier alpha value is -1.98. The third kappa shape index (κ3) is 3.04. The smallest absolute Gasteiger partial charge is 0.182 e. The largest absolute Gasteiger partial charge is 0.399 e. The number of nitrogens with two attached hydrogens (primary N) is 1. The third-order valence-electron chi connectivity index (χ3n) is 4.41. The number of aromatic nitrogens is 4. The Labute approximate surface area is 123 Å². The molecule has 1 saturated carbocycles. The Kier molecular flexibility index (Phi) is 3.86. The second kappa shape index (κ2) is 5.79. The zero-order valence-electron chi connectivity index (χ0n) is 12.2. The summed E-state index contributed by atoms with van der Waals surface area (Å²) < 4.78 is 15.3. The predicted octanol–water partition coefficient (Wildman–Crippen LogP) is 2.89. The fourth-order valence-electron chi connectivity index (χ4n) is 3.16. The molecule has 3 rings (SSSR count). The van der Waals surface area contributed by atoms with Gasteiger partial charge >= 0.3 is 0 Å². The van der Waals surface area contributed by atoms with Gasteiger partial charge in [0.1, 0.15) is 5.82 Å². The molecule has 1 heterocycles. The van der Waals surface area contributed by atoms with E-state index in [1.807, 2.05) is 0 Å². The van der Waals surface area contributed by atoms with E-state index in [9.17, 15) is 4.39 Å². The van der Waals surface area contributed by atoms with Crippen molar-refractivity contribution in [1.29, 1.82) is 0 Å². The predicted molar refractivity (Wildman–Crippen MR) is 78.7 cm³/mol. The van der Waals surface area contributed by atoms with Gasteiger partial charge in [0.25, 0.3) is 0 Å². The van der Waals surface area contributed by atoms with Crippen molar-refractivity contribution in [3.05, 3.63) is 24.0 Å². The van der Waals surface area contributed by atoms with Crippen molar-refractivity contribution >= 4 is 5.69 Å². The third-order valence-corrected chi connectivity index (χ3v) is 4.41. The summed E-state index contributed by atoms with van der Waals surface area (Å²) in [6, 6.07) is 4.42. The van der Waals surface area contributed by atoms with Crippen LogP contribution in [0.4, 0.5) is 10.1 Å². The molecule has 112 valence electrons. The van der Waals surface area contributed by atoms with E-state index in [1.165, 1.54) is 37.8 Å². The van der Waals surface area contributed by atoms with Crippen LogP contribution in [0.5, 0.6) is 0 Å². The van der Waals surface area contributed by atoms with Crippen molar-refractivity contribution in [3.63, 3.8) is 0 Å². The molecule has 21 heavy (non-hydrogen) atoms. The highest BCUT2D eigenvalue weighted by atomic mass is 19.1. The molecule has 0 amide bonds. The summed E-state index contributed by atoms with van der Waals surface area (Å²) in [6.07, 6.45) is 5.03. The van der Waals surface area contributed by atoms with E-state index in [2.05, 4.69) is 22.4 Å². The molecule has 0 saturated heterocycles. The van der Waals surface area contributed by atoms with Crippen LogP contribution in [-0.4, -0.2) is 20.2 Å². The summed E-state index contributed by atoms with van der Waals surface area (Å²) in [5, 5.41) is 11.9. The minimum atomic E-state index is -0.370. The maximum Gasteiger partial charge on any atom is 0.182 e. The van der Waals surface area contributed by atoms with Crippen molar-refractivity contribution in [2.75, 3.05) is 5.73 Å². The molecule has 5 nitrogen and oxygen atoms in total. The van der Waals surface area contributed by atoms with E-state index in [0.717, 1.165) is 6.54 Å². The lowest BCUT2D eigenvalue weighted by Gasteiger charge is -2.28. The van der Waals surface area contributed by atoms with Crippen LogP contribution in [0.3, 0.4) is 0 Å². The number of hydrogen-bond donors (Lipinski definition) is 1. The SMILES string of the molecule is CC1CCCCC1Cn1nnnc1-c1cc(N)cc(F)c1. The number of tetrazole rings is 1. The molecule has 1 aromatic heterocycles. The van der Waals surface area contributed by atoms with Crippen LogP contribution in [0.1, 0.15) is 32.6 Å². The van der Waals surface area contributed by atoms with Crippen molar-refractivity contribution in [2.45, 2.75) is 39.2 Å². The standard InChI is InChI=1S/C15H20FN5/c1-10-4-2-3-5-11(10)9-21-15(18-19-20-21)12-6-13(16)8-14(17)7-12/h6-8,10-11H,2-5,9,17H2,1H3. The zero-order chi connectivity index (χ0) is 14.8. The van der Waals surface area contributed by atoms with Crippen LogP contribution >= 0.6 is 0 Å². The molecule has 2 N–H and O–H groups in total. The molecule has 0 aliphatic heterocycles. The van der Waals surface area contributed by atoms with Gasteiger partial charge in [0.05, 0.1) is 0 Å². The highest BCUT2D eigenvalue weighted by Gasteiger charge is 2.23. The molecule has 0 spiro atoms. The maximum absolute atomic E-state index is 13.5. The first-order valence-electron chi connectivity index (χ1n) is 7.46. The normalized spacial score (nSPS) is 22.4. The summed E-state index contributed by atoms with van der Waals surface area (Å²) in [5.74, 6) is 1.46. The Balaban J connectivity index is 1.86. The topological polar surface area (TPSA) is 69.6 Å². The highest BCUT2D eigenvalue weighted by molar-refractivity contribution is 5.61. The van der Waals surface area contributed by atoms with Gasteiger partial charge in [-0.2, -0.15) is 0 Å². The molecule has 1 aliphatic carbocycles. The van der Waals surface area contributed by atoms with E-state index in [-0.39, 0.29) is 5.82 Å². The molecule has 1 aromatic carbocycles. The van der Waals surface area contributed by atoms with E-state index in [0.29, 0.717) is 28.9 Å². The molecule has 2 aromatic rings. The summed E-state index contributed by atoms with van der Waals surface area (Å²) >= 11 is 0. The molecule has 1 fully saturated rings. The molecule has 2 atom stereocenters. The van der Waals surface area contributed by atoms with Crippen LogP contribution in [0.15, 0.2) is 18.2 Å². The molecule has 0 radical (unpaired) electrons. The molecule has 0 bridgehead atoms. The second-order valence-electron chi connectivity index (χ2n) is 5.98. The van der Waals surface area contributed by atoms with Gasteiger partial charge in [0, 0.05) is 17.8 Å². The van der Waals surface area contributed by atoms with Crippen LogP contribution in [0.25, 0.3) is 11.4 Å². The zero-order valence-corrected chi connectivity index (χ0v) is 12.2. The average Bonchev–Trinajstić information content (AvgIpc) is 2.88. The lowest BCUT2D eigenvalue weighted by molar-refractivity contribution is 0.221. The minimum absolute atomic E-state index is 0.370. The molecule has 2 unspecified atom stereocenters. The van der Waals surface area contributed by atoms with E-state index in [1.54, 1.807) is 10.7 Å². The van der Waals surface area contributed by atoms with Gasteiger partial charge in [-0.3, -0.25) is 0 Å². The van der Waals surface area contributed by atoms with E-state index >= 15 is 0 Å². The number of halogens is 1. The fourth-order valence-corrected chi connectivity index (χ4v) is 3.16. The molecule has 1 aliphatic rings. The first-order valence-corrected chi connectivity index (χ1v) is 7.46. The summed E-state index contributed by atoms with van der Waals surface area (Å²) in [7, 11) is 0. The number of hydrogen-bond acceptors (Lipinski definition) is 4. The van der Waals surface area contributed by atoms with Gasteiger partial charge < -0.3 is 5.73 Å². The Morgan fingerprint density at radius 1 is 1.29 bits per heavy atom. The Morgan fingerprint density at radius 3 is 2.86 bits per heavy atom. The van der Waals surface area contributed by atoms with Crippen molar-refractivity contribution < 1.29 is 4.39 Å². The number of nitrogens with zero attached hydrogens (tertiary/aromatic N) is 4. The van der Waals surface area contributed by atoms with Gasteiger partial charge in [0.2, 0.25) is 0 Å². The van der Waals surface area contributed by atoms with Crippen LogP contribution in [0, 0.1) is 17.7 Å². The van der Waals surface area contributed by atoms with Crippen molar-refractivity contribution in [1.82, 2.24) is 20.2 Å². The fraction of sp³-hybridized carbons (Fsp3) is 0.533. The first kappa shape index (κ1) is 14.0. The lowest BCUT2D eigenvalue weighted by Crippen LogP contribution is -2.23. The van der Waals surface area contributed by atoms with Gasteiger partial charge in [-0.25, -0.2) is 9.07 Å². The first-order chi connectivity index (χ1) is 10.1. The van der Waals surface area contributed by atoms with Crippen LogP contribution < -0.4 is 5.73 Å². The highest BCUT2D eigenvalue weighted by Crippen LogP contribution is 2.31. The maximum atomic E-state index is 13.5. The molecular weight excluding hydrogens is 269 g/mol. The van der Waals surface area contributed by atoms with Gasteiger partial charge in [-0.1, -0.05) is 26.2 Å². The summed E-state index contributed by atoms with van der Waals surface area (Å²) in [6.45, 7) is 3.06. The van der Waals surface area contributed by atoms with Crippen molar-refractivity contribution in [3.8, 4) is 11.4 Å². The quantitative estimate of drug-likeness (QED) is 0.882. The monoisotopic (exact) mass is 289 g/mol. The number of benzene rings is 1. The molecule has 6 heteroatoms. The van der Waals surface area contributed by atoms with Gasteiger partial charge in [0.15, 0.2) is 5.82 Å². The van der Waals surface area contributed by atoms with E-state index < -0.39 is 0 Å². The average molecular weight is 289 g/mol. The summed E-state index contributed by atoms with van der Waals surface area (Å²) in [4.78, 5) is 0. The van der Waals surface area contributed by atoms with Gasteiger partial charge in [-0.15, -0.1) is 5.10 Å². The second-order valence-corrected chi connectivity index (χ2v) is 5.98. The van der Waals surface area contributed by atoms with E-state index in [4.69, 9.17) is 5.73 Å². The van der Waals surface area contributed by atoms with Crippen molar-refractivity contribution in [2.24, 2.45) is 11.8 Å². The van der Waals surface area contributed by atoms with Crippen LogP contribution in [0.2, 0.25) is 0 Å². The number of rotatable bonds is 3. The van der Waals surface area contributed by atoms with Gasteiger partial charge in [-0.05, 0) is 46.9 Å². The molecular formula is C15H20FN5. The Morgan fingerprint density at radius 2 is 2.10 bits per heavy atom. The van der Waals surface area contributed by atoms with Crippen LogP contribution in [-0.2, 0) is 6.54 Å². The number of anilines is 1. The Bertz CT molecular complexity index is 604. The number of nitrogen functional groups attached to an aromatic ring is 1.